The van der Waals surface area contributed by atoms with Crippen molar-refractivity contribution in [3.8, 4) is 5.75 Å². The van der Waals surface area contributed by atoms with E-state index in [1.165, 1.54) is 11.1 Å². The number of furan rings is 1. The van der Waals surface area contributed by atoms with Crippen molar-refractivity contribution in [3.63, 3.8) is 0 Å². The number of ether oxygens (including phenoxy) is 1. The van der Waals surface area contributed by atoms with E-state index in [0.717, 1.165) is 74.7 Å². The Labute approximate surface area is 233 Å². The van der Waals surface area contributed by atoms with E-state index in [0.29, 0.717) is 11.3 Å². The summed E-state index contributed by atoms with van der Waals surface area (Å²) in [5.41, 5.74) is 3.20. The second-order valence-electron chi connectivity index (χ2n) is 10.6. The number of hydrogen-bond donors (Lipinski definition) is 1. The fraction of sp³-hybridized carbons (Fsp3) is 0.355. The third-order valence-corrected chi connectivity index (χ3v) is 7.88. The van der Waals surface area contributed by atoms with Crippen LogP contribution in [0.5, 0.6) is 5.75 Å². The second-order valence-corrected chi connectivity index (χ2v) is 11.0. The van der Waals surface area contributed by atoms with E-state index in [-0.39, 0.29) is 18.1 Å². The lowest BCUT2D eigenvalue weighted by Crippen LogP contribution is -2.37. The number of likely N-dealkylation sites (tertiary alicyclic amines) is 2. The van der Waals surface area contributed by atoms with Crippen LogP contribution >= 0.6 is 11.6 Å². The highest BCUT2D eigenvalue weighted by molar-refractivity contribution is 6.30. The predicted octanol–water partition coefficient (Wildman–Crippen LogP) is 5.53. The predicted molar refractivity (Wildman–Crippen MR) is 152 cm³/mol. The van der Waals surface area contributed by atoms with Gasteiger partial charge in [0.2, 0.25) is 0 Å². The normalized spacial score (nSPS) is 18.9. The third-order valence-electron chi connectivity index (χ3n) is 7.63. The Balaban J connectivity index is 0.997. The standard InChI is InChI=1S/C31H33ClN4O3/c32-25-3-1-22(2-4-25)19-35-15-10-27(11-16-35)38-28-5-6-29-24(17-28)18-30(39-29)31(37)34-26-9-14-36(21-26)20-23-7-12-33-13-8-23/h1-8,12-13,17-18,26-27H,9-11,14-16,19-21H2,(H,34,37)/t26-/m0/s1. The quantitative estimate of drug-likeness (QED) is 0.314. The van der Waals surface area contributed by atoms with E-state index in [4.69, 9.17) is 20.8 Å². The minimum absolute atomic E-state index is 0.108. The van der Waals surface area contributed by atoms with Crippen molar-refractivity contribution in [1.82, 2.24) is 20.1 Å². The molecule has 2 aliphatic heterocycles. The Morgan fingerprint density at radius 3 is 2.44 bits per heavy atom. The van der Waals surface area contributed by atoms with E-state index < -0.39 is 0 Å². The molecule has 2 aromatic heterocycles. The maximum atomic E-state index is 12.9. The van der Waals surface area contributed by atoms with E-state index >= 15 is 0 Å². The molecule has 1 amide bonds. The molecule has 0 radical (unpaired) electrons. The highest BCUT2D eigenvalue weighted by atomic mass is 35.5. The van der Waals surface area contributed by atoms with Crippen LogP contribution < -0.4 is 10.1 Å². The molecule has 0 spiro atoms. The number of pyridine rings is 1. The summed E-state index contributed by atoms with van der Waals surface area (Å²) >= 11 is 6.01. The zero-order chi connectivity index (χ0) is 26.6. The van der Waals surface area contributed by atoms with Gasteiger partial charge in [-0.15, -0.1) is 0 Å². The van der Waals surface area contributed by atoms with E-state index in [9.17, 15) is 4.79 Å². The molecule has 8 heteroatoms. The lowest BCUT2D eigenvalue weighted by Gasteiger charge is -2.32. The fourth-order valence-electron chi connectivity index (χ4n) is 5.53. The van der Waals surface area contributed by atoms with Gasteiger partial charge in [-0.05, 0) is 78.9 Å². The number of fused-ring (bicyclic) bond motifs is 1. The van der Waals surface area contributed by atoms with Crippen LogP contribution in [0, 0.1) is 0 Å². The summed E-state index contributed by atoms with van der Waals surface area (Å²) in [6.45, 7) is 5.56. The number of nitrogens with zero attached hydrogens (tertiary/aromatic N) is 3. The van der Waals surface area contributed by atoms with Crippen molar-refractivity contribution < 1.29 is 13.9 Å². The van der Waals surface area contributed by atoms with Gasteiger partial charge in [-0.3, -0.25) is 19.6 Å². The number of benzene rings is 2. The summed E-state index contributed by atoms with van der Waals surface area (Å²) in [5, 5.41) is 4.80. The number of carbonyl (C=O) groups excluding carboxylic acids is 1. The third kappa shape index (κ3) is 6.61. The molecule has 2 saturated heterocycles. The van der Waals surface area contributed by atoms with E-state index in [1.807, 2.05) is 60.9 Å². The number of piperidine rings is 1. The molecule has 2 aliphatic rings. The minimum Gasteiger partial charge on any atom is -0.490 e. The summed E-state index contributed by atoms with van der Waals surface area (Å²) < 4.78 is 12.2. The van der Waals surface area contributed by atoms with Gasteiger partial charge < -0.3 is 14.5 Å². The summed E-state index contributed by atoms with van der Waals surface area (Å²) in [5.74, 6) is 0.983. The monoisotopic (exact) mass is 544 g/mol. The first kappa shape index (κ1) is 25.9. The Bertz CT molecular complexity index is 1400. The van der Waals surface area contributed by atoms with Crippen molar-refractivity contribution in [2.24, 2.45) is 0 Å². The Kier molecular flexibility index (Phi) is 7.81. The summed E-state index contributed by atoms with van der Waals surface area (Å²) in [6.07, 6.45) is 6.68. The van der Waals surface area contributed by atoms with Gasteiger partial charge in [-0.2, -0.15) is 0 Å². The number of amides is 1. The first-order chi connectivity index (χ1) is 19.1. The molecule has 2 fully saturated rings. The zero-order valence-corrected chi connectivity index (χ0v) is 22.6. The molecular formula is C31H33ClN4O3. The van der Waals surface area contributed by atoms with Crippen molar-refractivity contribution in [2.45, 2.75) is 44.5 Å². The number of carbonyl (C=O) groups is 1. The molecule has 7 nitrogen and oxygen atoms in total. The molecule has 0 aliphatic carbocycles. The zero-order valence-electron chi connectivity index (χ0n) is 21.9. The van der Waals surface area contributed by atoms with Gasteiger partial charge in [0.15, 0.2) is 5.76 Å². The lowest BCUT2D eigenvalue weighted by atomic mass is 10.1. The van der Waals surface area contributed by atoms with Crippen LogP contribution in [0.15, 0.2) is 77.5 Å². The van der Waals surface area contributed by atoms with Crippen LogP contribution in [0.3, 0.4) is 0 Å². The van der Waals surface area contributed by atoms with Crippen LogP contribution in [-0.2, 0) is 13.1 Å². The summed E-state index contributed by atoms with van der Waals surface area (Å²) in [7, 11) is 0. The van der Waals surface area contributed by atoms with Crippen molar-refractivity contribution in [2.75, 3.05) is 26.2 Å². The maximum Gasteiger partial charge on any atom is 0.287 e. The molecule has 0 bridgehead atoms. The number of aromatic nitrogens is 1. The SMILES string of the molecule is O=C(N[C@H]1CCN(Cc2ccncc2)C1)c1cc2cc(OC3CCN(Cc4ccc(Cl)cc4)CC3)ccc2o1. The molecule has 4 aromatic rings. The molecule has 202 valence electrons. The molecule has 1 N–H and O–H groups in total. The van der Waals surface area contributed by atoms with Crippen molar-refractivity contribution >= 4 is 28.5 Å². The van der Waals surface area contributed by atoms with Gasteiger partial charge in [0, 0.05) is 68.1 Å². The Morgan fingerprint density at radius 2 is 1.64 bits per heavy atom. The molecular weight excluding hydrogens is 512 g/mol. The topological polar surface area (TPSA) is 70.8 Å². The highest BCUT2D eigenvalue weighted by Gasteiger charge is 2.26. The number of halogens is 1. The van der Waals surface area contributed by atoms with Crippen LogP contribution in [0.4, 0.5) is 0 Å². The lowest BCUT2D eigenvalue weighted by molar-refractivity contribution is 0.0911. The minimum atomic E-state index is -0.169. The van der Waals surface area contributed by atoms with Crippen molar-refractivity contribution in [1.29, 1.82) is 0 Å². The summed E-state index contributed by atoms with van der Waals surface area (Å²) in [4.78, 5) is 21.8. The first-order valence-electron chi connectivity index (χ1n) is 13.7. The molecule has 2 aromatic carbocycles. The molecule has 39 heavy (non-hydrogen) atoms. The van der Waals surface area contributed by atoms with Crippen LogP contribution in [-0.4, -0.2) is 59.0 Å². The maximum absolute atomic E-state index is 12.9. The fourth-order valence-corrected chi connectivity index (χ4v) is 5.66. The largest absolute Gasteiger partial charge is 0.490 e. The van der Waals surface area contributed by atoms with Gasteiger partial charge in [-0.25, -0.2) is 0 Å². The van der Waals surface area contributed by atoms with Crippen LogP contribution in [0.2, 0.25) is 5.02 Å². The Morgan fingerprint density at radius 1 is 0.923 bits per heavy atom. The molecule has 0 unspecified atom stereocenters. The smallest absolute Gasteiger partial charge is 0.287 e. The van der Waals surface area contributed by atoms with E-state index in [1.54, 1.807) is 0 Å². The molecule has 4 heterocycles. The van der Waals surface area contributed by atoms with Gasteiger partial charge in [-0.1, -0.05) is 23.7 Å². The van der Waals surface area contributed by atoms with Crippen LogP contribution in [0.1, 0.15) is 40.9 Å². The summed E-state index contributed by atoms with van der Waals surface area (Å²) in [6, 6.07) is 19.9. The van der Waals surface area contributed by atoms with Gasteiger partial charge in [0.25, 0.3) is 5.91 Å². The van der Waals surface area contributed by atoms with Gasteiger partial charge in [0.1, 0.15) is 17.4 Å². The second kappa shape index (κ2) is 11.8. The molecule has 0 saturated carbocycles. The number of rotatable bonds is 8. The van der Waals surface area contributed by atoms with Gasteiger partial charge >= 0.3 is 0 Å². The highest BCUT2D eigenvalue weighted by Crippen LogP contribution is 2.27. The number of hydrogen-bond acceptors (Lipinski definition) is 6. The van der Waals surface area contributed by atoms with Gasteiger partial charge in [0.05, 0.1) is 0 Å². The number of nitrogens with one attached hydrogen (secondary N) is 1. The average Bonchev–Trinajstić information content (AvgIpc) is 3.58. The molecule has 1 atom stereocenters. The first-order valence-corrected chi connectivity index (χ1v) is 14.0. The average molecular weight is 545 g/mol. The molecule has 6 rings (SSSR count). The van der Waals surface area contributed by atoms with Crippen molar-refractivity contribution in [3.05, 3.63) is 95.0 Å². The van der Waals surface area contributed by atoms with E-state index in [2.05, 4.69) is 32.2 Å². The van der Waals surface area contributed by atoms with Crippen LogP contribution in [0.25, 0.3) is 11.0 Å². The Hall–Kier alpha value is -3.39.